The molecule has 0 radical (unpaired) electrons. The zero-order chi connectivity index (χ0) is 24.8. The molecule has 2 aliphatic rings. The fourth-order valence-corrected chi connectivity index (χ4v) is 5.73. The number of halogens is 3. The molecule has 0 bridgehead atoms. The maximum Gasteiger partial charge on any atom is 0.166 e. The number of hydrogen-bond donors (Lipinski definition) is 0. The molecule has 35 heavy (non-hydrogen) atoms. The maximum absolute atomic E-state index is 15.0. The van der Waals surface area contributed by atoms with Crippen LogP contribution < -0.4 is 0 Å². The summed E-state index contributed by atoms with van der Waals surface area (Å²) in [5, 5.41) is 0. The lowest BCUT2D eigenvalue weighted by Crippen LogP contribution is -2.19. The van der Waals surface area contributed by atoms with Crippen LogP contribution >= 0.6 is 0 Å². The van der Waals surface area contributed by atoms with Crippen molar-refractivity contribution in [3.05, 3.63) is 71.1 Å². The first-order valence-electron chi connectivity index (χ1n) is 13.6. The summed E-state index contributed by atoms with van der Waals surface area (Å²) in [5.41, 5.74) is 2.39. The highest BCUT2D eigenvalue weighted by Crippen LogP contribution is 2.39. The summed E-state index contributed by atoms with van der Waals surface area (Å²) in [5.74, 6) is -0.618. The monoisotopic (exact) mass is 484 g/mol. The van der Waals surface area contributed by atoms with Gasteiger partial charge in [-0.1, -0.05) is 69.5 Å². The van der Waals surface area contributed by atoms with Crippen LogP contribution in [-0.4, -0.2) is 6.10 Å². The van der Waals surface area contributed by atoms with Crippen molar-refractivity contribution in [2.45, 2.75) is 96.7 Å². The van der Waals surface area contributed by atoms with Crippen LogP contribution in [0.2, 0.25) is 0 Å². The van der Waals surface area contributed by atoms with E-state index in [4.69, 9.17) is 4.74 Å². The average molecular weight is 485 g/mol. The molecule has 0 N–H and O–H groups in total. The molecule has 0 aromatic heterocycles. The van der Waals surface area contributed by atoms with Crippen LogP contribution in [-0.2, 0) is 11.3 Å². The number of rotatable bonds is 9. The molecule has 1 fully saturated rings. The normalized spacial score (nSPS) is 24.9. The lowest BCUT2D eigenvalue weighted by molar-refractivity contribution is 0.0537. The predicted molar refractivity (Wildman–Crippen MR) is 137 cm³/mol. The highest BCUT2D eigenvalue weighted by atomic mass is 19.2. The molecule has 4 heteroatoms. The van der Waals surface area contributed by atoms with Crippen LogP contribution in [0.3, 0.4) is 0 Å². The van der Waals surface area contributed by atoms with Gasteiger partial charge in [-0.2, -0.15) is 0 Å². The number of ether oxygens (including phenoxy) is 1. The Kier molecular flexibility index (Phi) is 9.10. The highest BCUT2D eigenvalue weighted by molar-refractivity contribution is 5.65. The number of allylic oxidation sites excluding steroid dienone is 1. The molecule has 190 valence electrons. The Hall–Kier alpha value is -2.07. The second kappa shape index (κ2) is 12.3. The minimum absolute atomic E-state index is 0.0376. The van der Waals surface area contributed by atoms with E-state index in [1.165, 1.54) is 0 Å². The zero-order valence-corrected chi connectivity index (χ0v) is 21.2. The quantitative estimate of drug-likeness (QED) is 0.344. The number of unbranched alkanes of at least 4 members (excludes halogenated alkanes) is 1. The fourth-order valence-electron chi connectivity index (χ4n) is 5.73. The summed E-state index contributed by atoms with van der Waals surface area (Å²) in [6.07, 6.45) is 11.3. The molecule has 4 rings (SSSR count). The summed E-state index contributed by atoms with van der Waals surface area (Å²) in [6.45, 7) is 4.69. The Morgan fingerprint density at radius 1 is 0.829 bits per heavy atom. The van der Waals surface area contributed by atoms with Crippen LogP contribution in [0.4, 0.5) is 13.2 Å². The van der Waals surface area contributed by atoms with Gasteiger partial charge in [0.2, 0.25) is 0 Å². The molecule has 1 saturated carbocycles. The molecule has 2 aromatic carbocycles. The van der Waals surface area contributed by atoms with E-state index in [1.54, 1.807) is 30.3 Å². The first-order valence-corrected chi connectivity index (χ1v) is 13.6. The largest absolute Gasteiger partial charge is 0.369 e. The second-order valence-corrected chi connectivity index (χ2v) is 10.5. The summed E-state index contributed by atoms with van der Waals surface area (Å²) >= 11 is 0. The lowest BCUT2D eigenvalue weighted by atomic mass is 9.77. The van der Waals surface area contributed by atoms with Gasteiger partial charge < -0.3 is 4.74 Å². The van der Waals surface area contributed by atoms with E-state index in [0.717, 1.165) is 75.7 Å². The van der Waals surface area contributed by atoms with Gasteiger partial charge in [0.15, 0.2) is 11.6 Å². The van der Waals surface area contributed by atoms with Gasteiger partial charge in [-0.25, -0.2) is 13.2 Å². The molecule has 2 aliphatic carbocycles. The van der Waals surface area contributed by atoms with Crippen molar-refractivity contribution in [1.29, 1.82) is 0 Å². The molecule has 1 nitrogen and oxygen atoms in total. The Labute approximate surface area is 208 Å². The minimum atomic E-state index is -0.760. The smallest absolute Gasteiger partial charge is 0.166 e. The van der Waals surface area contributed by atoms with E-state index in [0.29, 0.717) is 17.7 Å². The average Bonchev–Trinajstić information content (AvgIpc) is 2.89. The van der Waals surface area contributed by atoms with Gasteiger partial charge in [0, 0.05) is 11.5 Å². The second-order valence-electron chi connectivity index (χ2n) is 10.5. The lowest BCUT2D eigenvalue weighted by Gasteiger charge is -2.28. The Bertz CT molecular complexity index is 989. The minimum Gasteiger partial charge on any atom is -0.369 e. The van der Waals surface area contributed by atoms with Crippen LogP contribution in [0.15, 0.2) is 48.3 Å². The van der Waals surface area contributed by atoms with Crippen molar-refractivity contribution in [2.24, 2.45) is 11.8 Å². The van der Waals surface area contributed by atoms with Crippen molar-refractivity contribution in [3.8, 4) is 11.1 Å². The zero-order valence-electron chi connectivity index (χ0n) is 21.2. The first-order chi connectivity index (χ1) is 17.0. The van der Waals surface area contributed by atoms with Gasteiger partial charge in [-0.3, -0.25) is 0 Å². The predicted octanol–water partition coefficient (Wildman–Crippen LogP) is 9.65. The Morgan fingerprint density at radius 3 is 2.23 bits per heavy atom. The molecule has 2 aromatic rings. The molecular weight excluding hydrogens is 445 g/mol. The van der Waals surface area contributed by atoms with E-state index in [9.17, 15) is 4.39 Å². The fraction of sp³-hybridized carbons (Fsp3) is 0.548. The van der Waals surface area contributed by atoms with Crippen molar-refractivity contribution >= 4 is 0 Å². The van der Waals surface area contributed by atoms with Crippen molar-refractivity contribution in [3.63, 3.8) is 0 Å². The third-order valence-electron chi connectivity index (χ3n) is 8.15. The molecule has 0 spiro atoms. The molecule has 0 saturated heterocycles. The van der Waals surface area contributed by atoms with Gasteiger partial charge in [-0.15, -0.1) is 0 Å². The van der Waals surface area contributed by atoms with Crippen molar-refractivity contribution < 1.29 is 17.9 Å². The first kappa shape index (κ1) is 26.0. The van der Waals surface area contributed by atoms with E-state index >= 15 is 8.78 Å². The topological polar surface area (TPSA) is 9.23 Å². The van der Waals surface area contributed by atoms with Crippen LogP contribution in [0, 0.1) is 23.5 Å². The van der Waals surface area contributed by atoms with Crippen LogP contribution in [0.5, 0.6) is 0 Å². The molecule has 0 heterocycles. The van der Waals surface area contributed by atoms with Crippen LogP contribution in [0.25, 0.3) is 11.1 Å². The summed E-state index contributed by atoms with van der Waals surface area (Å²) < 4.78 is 50.3. The molecule has 0 amide bonds. The van der Waals surface area contributed by atoms with Gasteiger partial charge in [0.25, 0.3) is 0 Å². The van der Waals surface area contributed by atoms with Gasteiger partial charge in [0.05, 0.1) is 12.7 Å². The number of benzene rings is 2. The molecular formula is C31H39F3O. The van der Waals surface area contributed by atoms with Crippen LogP contribution in [0.1, 0.15) is 95.1 Å². The Morgan fingerprint density at radius 2 is 1.57 bits per heavy atom. The molecule has 2 atom stereocenters. The molecule has 0 aliphatic heterocycles. The van der Waals surface area contributed by atoms with Gasteiger partial charge >= 0.3 is 0 Å². The third-order valence-corrected chi connectivity index (χ3v) is 8.15. The number of hydrogen-bond acceptors (Lipinski definition) is 1. The van der Waals surface area contributed by atoms with E-state index in [1.807, 2.05) is 12.1 Å². The standard InChI is InChI=1S/C31H39F3O/c1-3-5-6-25-15-16-26(19-29(25)32)35-20-22-9-13-24(14-10-22)28-18-17-27(30(33)31(28)34)23-11-7-21(4-2)8-12-23/h9-10,13-14,17-19,21,23,25-26H,3-8,11-12,15-16,20H2,1-2H3. The van der Waals surface area contributed by atoms with E-state index < -0.39 is 11.6 Å². The summed E-state index contributed by atoms with van der Waals surface area (Å²) in [4.78, 5) is 0. The third kappa shape index (κ3) is 6.39. The Balaban J connectivity index is 1.36. The van der Waals surface area contributed by atoms with Crippen molar-refractivity contribution in [2.75, 3.05) is 0 Å². The summed E-state index contributed by atoms with van der Waals surface area (Å²) in [7, 11) is 0. The van der Waals surface area contributed by atoms with E-state index in [-0.39, 0.29) is 29.3 Å². The highest BCUT2D eigenvalue weighted by Gasteiger charge is 2.26. The van der Waals surface area contributed by atoms with Crippen molar-refractivity contribution in [1.82, 2.24) is 0 Å². The SMILES string of the molecule is CCCCC1CCC(OCc2ccc(-c3ccc(C4CCC(CC)CC4)c(F)c3F)cc2)C=C1F. The van der Waals surface area contributed by atoms with Gasteiger partial charge in [-0.05, 0) is 79.5 Å². The van der Waals surface area contributed by atoms with Gasteiger partial charge in [0.1, 0.15) is 5.83 Å². The maximum atomic E-state index is 15.0. The summed E-state index contributed by atoms with van der Waals surface area (Å²) in [6, 6.07) is 10.9. The van der Waals surface area contributed by atoms with E-state index in [2.05, 4.69) is 13.8 Å². The molecule has 2 unspecified atom stereocenters.